The number of hydrogen-bond donors (Lipinski definition) is 1. The zero-order chi connectivity index (χ0) is 21.5. The van der Waals surface area contributed by atoms with E-state index in [0.717, 1.165) is 12.3 Å². The van der Waals surface area contributed by atoms with Crippen LogP contribution in [-0.4, -0.2) is 26.8 Å². The molecule has 11 heteroatoms. The van der Waals surface area contributed by atoms with Gasteiger partial charge in [-0.25, -0.2) is 4.68 Å². The number of aromatic nitrogens is 3. The maximum absolute atomic E-state index is 13.0. The van der Waals surface area contributed by atoms with Gasteiger partial charge in [0.05, 0.1) is 28.3 Å². The van der Waals surface area contributed by atoms with Crippen molar-refractivity contribution in [2.45, 2.75) is 50.5 Å². The first-order chi connectivity index (χ1) is 13.9. The molecule has 1 N–H and O–H groups in total. The standard InChI is InChI=1S/C19H16F6N4O/c20-18(21,22)14-5-10(3-4-26-14)29-6-11-12(1-2-13(11)28-29)27-15(30)16-7-17(8-16,9-16)19(23,24)25/h3-6,12H,1-2,7-9H2,(H,27,30)/t12-,16?,17?/m0/s1. The highest BCUT2D eigenvalue weighted by atomic mass is 19.4. The number of alkyl halides is 6. The largest absolute Gasteiger partial charge is 0.433 e. The number of carbonyl (C=O) groups is 1. The van der Waals surface area contributed by atoms with Gasteiger partial charge in [-0.2, -0.15) is 31.4 Å². The van der Waals surface area contributed by atoms with Crippen LogP contribution in [0.3, 0.4) is 0 Å². The van der Waals surface area contributed by atoms with Crippen LogP contribution in [0, 0.1) is 10.8 Å². The van der Waals surface area contributed by atoms with Gasteiger partial charge in [-0.05, 0) is 44.2 Å². The summed E-state index contributed by atoms with van der Waals surface area (Å²) in [6, 6.07) is 1.86. The van der Waals surface area contributed by atoms with Gasteiger partial charge in [0.15, 0.2) is 0 Å². The van der Waals surface area contributed by atoms with Crippen molar-refractivity contribution >= 4 is 5.91 Å². The normalized spacial score (nSPS) is 29.7. The molecule has 0 aromatic carbocycles. The van der Waals surface area contributed by atoms with Crippen molar-refractivity contribution in [3.8, 4) is 5.69 Å². The van der Waals surface area contributed by atoms with Crippen LogP contribution in [0.1, 0.15) is 48.7 Å². The van der Waals surface area contributed by atoms with E-state index in [1.165, 1.54) is 10.7 Å². The fourth-order valence-electron chi connectivity index (χ4n) is 4.98. The first-order valence-corrected chi connectivity index (χ1v) is 9.42. The average Bonchev–Trinajstić information content (AvgIpc) is 3.12. The van der Waals surface area contributed by atoms with Gasteiger partial charge in [-0.1, -0.05) is 0 Å². The number of nitrogens with one attached hydrogen (secondary N) is 1. The number of halogens is 6. The molecule has 2 aromatic heterocycles. The van der Waals surface area contributed by atoms with Gasteiger partial charge in [0.2, 0.25) is 5.91 Å². The molecule has 3 fully saturated rings. The molecular formula is C19H16F6N4O. The van der Waals surface area contributed by atoms with Crippen LogP contribution in [0.4, 0.5) is 26.3 Å². The Morgan fingerprint density at radius 3 is 2.50 bits per heavy atom. The van der Waals surface area contributed by atoms with Crippen molar-refractivity contribution in [3.05, 3.63) is 41.5 Å². The molecule has 0 spiro atoms. The second-order valence-corrected chi connectivity index (χ2v) is 8.53. The van der Waals surface area contributed by atoms with Crippen LogP contribution in [0.5, 0.6) is 0 Å². The molecular weight excluding hydrogens is 414 g/mol. The average molecular weight is 430 g/mol. The highest BCUT2D eigenvalue weighted by molar-refractivity contribution is 5.87. The summed E-state index contributed by atoms with van der Waals surface area (Å²) in [6.45, 7) is 0. The summed E-state index contributed by atoms with van der Waals surface area (Å²) in [6.07, 6.45) is -5.72. The molecule has 30 heavy (non-hydrogen) atoms. The van der Waals surface area contributed by atoms with Crippen LogP contribution in [-0.2, 0) is 17.4 Å². The molecule has 6 rings (SSSR count). The lowest BCUT2D eigenvalue weighted by Crippen LogP contribution is -2.72. The van der Waals surface area contributed by atoms with Crippen molar-refractivity contribution in [3.63, 3.8) is 0 Å². The first kappa shape index (κ1) is 19.4. The minimum absolute atomic E-state index is 0.175. The predicted octanol–water partition coefficient (Wildman–Crippen LogP) is 4.12. The Labute approximate surface area is 166 Å². The fourth-order valence-corrected chi connectivity index (χ4v) is 4.98. The topological polar surface area (TPSA) is 59.8 Å². The lowest BCUT2D eigenvalue weighted by atomic mass is 9.34. The summed E-state index contributed by atoms with van der Waals surface area (Å²) in [7, 11) is 0. The van der Waals surface area contributed by atoms with Crippen LogP contribution in [0.15, 0.2) is 24.5 Å². The SMILES string of the molecule is O=C(N[C@H]1CCc2nn(-c3ccnc(C(F)(F)F)c3)cc21)C12CC(C(F)(F)F)(C1)C2. The molecule has 1 amide bonds. The molecule has 0 aliphatic heterocycles. The highest BCUT2D eigenvalue weighted by Gasteiger charge is 2.80. The summed E-state index contributed by atoms with van der Waals surface area (Å²) in [5, 5.41) is 7.15. The van der Waals surface area contributed by atoms with Crippen molar-refractivity contribution in [1.82, 2.24) is 20.1 Å². The van der Waals surface area contributed by atoms with Gasteiger partial charge in [0.1, 0.15) is 5.69 Å². The second-order valence-electron chi connectivity index (χ2n) is 8.53. The van der Waals surface area contributed by atoms with Crippen LogP contribution in [0.2, 0.25) is 0 Å². The zero-order valence-corrected chi connectivity index (χ0v) is 15.4. The maximum Gasteiger partial charge on any atom is 0.433 e. The quantitative estimate of drug-likeness (QED) is 0.746. The van der Waals surface area contributed by atoms with E-state index >= 15 is 0 Å². The Hall–Kier alpha value is -2.59. The van der Waals surface area contributed by atoms with E-state index < -0.39 is 34.9 Å². The maximum atomic E-state index is 13.0. The van der Waals surface area contributed by atoms with Crippen molar-refractivity contribution in [1.29, 1.82) is 0 Å². The third-order valence-corrected chi connectivity index (χ3v) is 6.59. The molecule has 3 saturated carbocycles. The lowest BCUT2D eigenvalue weighted by Gasteiger charge is -2.69. The summed E-state index contributed by atoms with van der Waals surface area (Å²) in [4.78, 5) is 15.9. The Morgan fingerprint density at radius 1 is 1.17 bits per heavy atom. The van der Waals surface area contributed by atoms with Crippen molar-refractivity contribution in [2.24, 2.45) is 10.8 Å². The zero-order valence-electron chi connectivity index (χ0n) is 15.4. The molecule has 160 valence electrons. The molecule has 4 aliphatic rings. The van der Waals surface area contributed by atoms with E-state index in [-0.39, 0.29) is 30.9 Å². The van der Waals surface area contributed by atoms with E-state index in [1.54, 1.807) is 6.20 Å². The predicted molar refractivity (Wildman–Crippen MR) is 90.3 cm³/mol. The number of rotatable bonds is 3. The minimum Gasteiger partial charge on any atom is -0.349 e. The Bertz CT molecular complexity index is 1020. The van der Waals surface area contributed by atoms with E-state index in [0.29, 0.717) is 24.1 Å². The molecule has 0 saturated heterocycles. The summed E-state index contributed by atoms with van der Waals surface area (Å²) < 4.78 is 79.0. The molecule has 4 aliphatic carbocycles. The number of fused-ring (bicyclic) bond motifs is 1. The Morgan fingerprint density at radius 2 is 1.87 bits per heavy atom. The monoisotopic (exact) mass is 430 g/mol. The second kappa shape index (κ2) is 5.76. The van der Waals surface area contributed by atoms with Crippen molar-refractivity contribution in [2.75, 3.05) is 0 Å². The molecule has 2 bridgehead atoms. The summed E-state index contributed by atoms with van der Waals surface area (Å²) in [5.41, 5.74) is -2.18. The molecule has 5 nitrogen and oxygen atoms in total. The molecule has 2 heterocycles. The van der Waals surface area contributed by atoms with E-state index in [4.69, 9.17) is 0 Å². The number of pyridine rings is 1. The first-order valence-electron chi connectivity index (χ1n) is 9.42. The van der Waals surface area contributed by atoms with Crippen LogP contribution in [0.25, 0.3) is 5.69 Å². The third-order valence-electron chi connectivity index (χ3n) is 6.59. The number of aryl methyl sites for hydroxylation is 1. The number of amides is 1. The Kier molecular flexibility index (Phi) is 3.72. The minimum atomic E-state index is -4.58. The number of nitrogens with zero attached hydrogens (tertiary/aromatic N) is 3. The smallest absolute Gasteiger partial charge is 0.349 e. The lowest BCUT2D eigenvalue weighted by molar-refractivity contribution is -0.351. The molecule has 2 aromatic rings. The molecule has 0 unspecified atom stereocenters. The van der Waals surface area contributed by atoms with E-state index in [9.17, 15) is 31.1 Å². The van der Waals surface area contributed by atoms with Gasteiger partial charge < -0.3 is 5.32 Å². The summed E-state index contributed by atoms with van der Waals surface area (Å²) in [5.74, 6) is -0.387. The number of carbonyl (C=O) groups excluding carboxylic acids is 1. The number of hydrogen-bond acceptors (Lipinski definition) is 3. The fraction of sp³-hybridized carbons (Fsp3) is 0.526. The van der Waals surface area contributed by atoms with Gasteiger partial charge in [-0.15, -0.1) is 0 Å². The van der Waals surface area contributed by atoms with Crippen molar-refractivity contribution < 1.29 is 31.1 Å². The van der Waals surface area contributed by atoms with Crippen LogP contribution >= 0.6 is 0 Å². The van der Waals surface area contributed by atoms with E-state index in [1.807, 2.05) is 0 Å². The van der Waals surface area contributed by atoms with Gasteiger partial charge >= 0.3 is 12.4 Å². The van der Waals surface area contributed by atoms with E-state index in [2.05, 4.69) is 15.4 Å². The summed E-state index contributed by atoms with van der Waals surface area (Å²) >= 11 is 0. The molecule has 0 radical (unpaired) electrons. The molecule has 1 atom stereocenters. The highest BCUT2D eigenvalue weighted by Crippen LogP contribution is 2.78. The Balaban J connectivity index is 1.31. The van der Waals surface area contributed by atoms with Gasteiger partial charge in [-0.3, -0.25) is 9.78 Å². The third kappa shape index (κ3) is 2.66. The van der Waals surface area contributed by atoms with Gasteiger partial charge in [0, 0.05) is 18.0 Å². The van der Waals surface area contributed by atoms with Crippen LogP contribution < -0.4 is 5.32 Å². The van der Waals surface area contributed by atoms with Gasteiger partial charge in [0.25, 0.3) is 0 Å².